The molecule has 0 saturated carbocycles. The molecule has 0 bridgehead atoms. The monoisotopic (exact) mass is 387 g/mol. The van der Waals surface area contributed by atoms with Crippen LogP contribution >= 0.6 is 0 Å². The van der Waals surface area contributed by atoms with Crippen LogP contribution in [0.25, 0.3) is 10.9 Å². The average molecular weight is 387 g/mol. The van der Waals surface area contributed by atoms with Gasteiger partial charge in [0.15, 0.2) is 0 Å². The number of hydrogen-bond acceptors (Lipinski definition) is 5. The summed E-state index contributed by atoms with van der Waals surface area (Å²) >= 11 is 0. The molecule has 0 atom stereocenters. The van der Waals surface area contributed by atoms with Gasteiger partial charge in [-0.2, -0.15) is 0 Å². The second-order valence-corrected chi connectivity index (χ2v) is 6.82. The van der Waals surface area contributed by atoms with Crippen molar-refractivity contribution in [2.75, 3.05) is 17.6 Å². The van der Waals surface area contributed by atoms with E-state index in [1.165, 1.54) is 28.1 Å². The predicted octanol–water partition coefficient (Wildman–Crippen LogP) is 4.23. The fraction of sp³-hybridized carbons (Fsp3) is 0.136. The molecular formula is C22H21N5O2. The minimum Gasteiger partial charge on any atom is -0.378 e. The standard InChI is InChI=1S/C22H21N5O2/c23-22-20(27(28)29)10-11-21(25-22)24-13-12-17-15-26(14-16-6-2-1-3-7-16)19-9-5-4-8-18(17)19/h1-11,15H,12-14H2,(H3,23,24,25). The SMILES string of the molecule is Nc1nc(NCCc2cn(Cc3ccccc3)c3ccccc23)ccc1[N+](=O)[O-]. The molecule has 4 rings (SSSR count). The van der Waals surface area contributed by atoms with Crippen molar-refractivity contribution in [3.05, 3.63) is 94.2 Å². The molecule has 0 fully saturated rings. The highest BCUT2D eigenvalue weighted by molar-refractivity contribution is 5.84. The average Bonchev–Trinajstić information content (AvgIpc) is 3.06. The molecule has 0 unspecified atom stereocenters. The van der Waals surface area contributed by atoms with Crippen LogP contribution in [0.5, 0.6) is 0 Å². The molecule has 0 aliphatic heterocycles. The van der Waals surface area contributed by atoms with Crippen LogP contribution in [0.1, 0.15) is 11.1 Å². The number of nitrogens with zero attached hydrogens (tertiary/aromatic N) is 3. The van der Waals surface area contributed by atoms with Crippen molar-refractivity contribution in [2.24, 2.45) is 0 Å². The van der Waals surface area contributed by atoms with Crippen LogP contribution in [-0.2, 0) is 13.0 Å². The van der Waals surface area contributed by atoms with E-state index in [0.29, 0.717) is 12.4 Å². The summed E-state index contributed by atoms with van der Waals surface area (Å²) in [5, 5.41) is 15.3. The second kappa shape index (κ2) is 8.02. The third kappa shape index (κ3) is 4.03. The van der Waals surface area contributed by atoms with E-state index in [1.54, 1.807) is 6.07 Å². The molecule has 2 aromatic heterocycles. The molecule has 2 aromatic carbocycles. The van der Waals surface area contributed by atoms with Gasteiger partial charge in [0.05, 0.1) is 4.92 Å². The van der Waals surface area contributed by atoms with E-state index in [4.69, 9.17) is 5.73 Å². The van der Waals surface area contributed by atoms with Gasteiger partial charge in [-0.1, -0.05) is 48.5 Å². The van der Waals surface area contributed by atoms with E-state index in [0.717, 1.165) is 13.0 Å². The summed E-state index contributed by atoms with van der Waals surface area (Å²) in [6.45, 7) is 1.46. The van der Waals surface area contributed by atoms with Crippen LogP contribution in [0.15, 0.2) is 72.9 Å². The summed E-state index contributed by atoms with van der Waals surface area (Å²) in [7, 11) is 0. The Morgan fingerprint density at radius 2 is 1.79 bits per heavy atom. The van der Waals surface area contributed by atoms with E-state index >= 15 is 0 Å². The first-order valence-electron chi connectivity index (χ1n) is 9.37. The maximum atomic E-state index is 10.9. The van der Waals surface area contributed by atoms with E-state index in [2.05, 4.69) is 63.5 Å². The molecule has 146 valence electrons. The molecular weight excluding hydrogens is 366 g/mol. The maximum Gasteiger partial charge on any atom is 0.311 e. The first kappa shape index (κ1) is 18.5. The number of fused-ring (bicyclic) bond motifs is 1. The van der Waals surface area contributed by atoms with Gasteiger partial charge in [-0.15, -0.1) is 0 Å². The lowest BCUT2D eigenvalue weighted by atomic mass is 10.1. The Morgan fingerprint density at radius 3 is 2.55 bits per heavy atom. The number of rotatable bonds is 7. The number of anilines is 2. The molecule has 0 amide bonds. The second-order valence-electron chi connectivity index (χ2n) is 6.82. The molecule has 0 radical (unpaired) electrons. The Hall–Kier alpha value is -3.87. The lowest BCUT2D eigenvalue weighted by Crippen LogP contribution is -2.08. The van der Waals surface area contributed by atoms with E-state index in [9.17, 15) is 10.1 Å². The van der Waals surface area contributed by atoms with Gasteiger partial charge < -0.3 is 15.6 Å². The van der Waals surface area contributed by atoms with Crippen LogP contribution < -0.4 is 11.1 Å². The van der Waals surface area contributed by atoms with Gasteiger partial charge in [-0.25, -0.2) is 4.98 Å². The van der Waals surface area contributed by atoms with Gasteiger partial charge in [0.1, 0.15) is 5.82 Å². The molecule has 7 heteroatoms. The van der Waals surface area contributed by atoms with Gasteiger partial charge in [0, 0.05) is 36.3 Å². The van der Waals surface area contributed by atoms with Crippen molar-refractivity contribution in [3.8, 4) is 0 Å². The fourth-order valence-electron chi connectivity index (χ4n) is 3.48. The summed E-state index contributed by atoms with van der Waals surface area (Å²) < 4.78 is 2.27. The lowest BCUT2D eigenvalue weighted by molar-refractivity contribution is -0.384. The van der Waals surface area contributed by atoms with Crippen molar-refractivity contribution in [3.63, 3.8) is 0 Å². The molecule has 4 aromatic rings. The Morgan fingerprint density at radius 1 is 1.03 bits per heavy atom. The molecule has 0 aliphatic rings. The van der Waals surface area contributed by atoms with Crippen molar-refractivity contribution in [2.45, 2.75) is 13.0 Å². The molecule has 0 spiro atoms. The summed E-state index contributed by atoms with van der Waals surface area (Å²) in [6.07, 6.45) is 2.98. The third-order valence-electron chi connectivity index (χ3n) is 4.87. The van der Waals surface area contributed by atoms with Crippen molar-refractivity contribution in [1.29, 1.82) is 0 Å². The molecule has 29 heavy (non-hydrogen) atoms. The number of nitro groups is 1. The zero-order chi connectivity index (χ0) is 20.2. The number of para-hydroxylation sites is 1. The number of hydrogen-bond donors (Lipinski definition) is 2. The zero-order valence-electron chi connectivity index (χ0n) is 15.8. The Kier molecular flexibility index (Phi) is 5.11. The highest BCUT2D eigenvalue weighted by atomic mass is 16.6. The highest BCUT2D eigenvalue weighted by Crippen LogP contribution is 2.24. The van der Waals surface area contributed by atoms with Gasteiger partial charge in [-0.3, -0.25) is 10.1 Å². The van der Waals surface area contributed by atoms with Crippen LogP contribution in [0.4, 0.5) is 17.3 Å². The first-order valence-corrected chi connectivity index (χ1v) is 9.37. The Balaban J connectivity index is 1.50. The number of nitrogens with two attached hydrogens (primary N) is 1. The summed E-state index contributed by atoms with van der Waals surface area (Å²) in [4.78, 5) is 14.4. The van der Waals surface area contributed by atoms with Crippen LogP contribution in [0, 0.1) is 10.1 Å². The van der Waals surface area contributed by atoms with Crippen LogP contribution in [-0.4, -0.2) is 21.0 Å². The predicted molar refractivity (Wildman–Crippen MR) is 115 cm³/mol. The number of aromatic nitrogens is 2. The van der Waals surface area contributed by atoms with E-state index in [-0.39, 0.29) is 11.5 Å². The minimum atomic E-state index is -0.534. The normalized spacial score (nSPS) is 10.9. The van der Waals surface area contributed by atoms with E-state index in [1.807, 2.05) is 12.1 Å². The van der Waals surface area contributed by atoms with Crippen molar-refractivity contribution < 1.29 is 4.92 Å². The van der Waals surface area contributed by atoms with Crippen molar-refractivity contribution in [1.82, 2.24) is 9.55 Å². The zero-order valence-corrected chi connectivity index (χ0v) is 15.8. The first-order chi connectivity index (χ1) is 14.1. The van der Waals surface area contributed by atoms with E-state index < -0.39 is 4.92 Å². The molecule has 2 heterocycles. The lowest BCUT2D eigenvalue weighted by Gasteiger charge is -2.06. The summed E-state index contributed by atoms with van der Waals surface area (Å²) in [5.74, 6) is 0.445. The third-order valence-corrected chi connectivity index (χ3v) is 4.87. The van der Waals surface area contributed by atoms with Gasteiger partial charge in [-0.05, 0) is 29.7 Å². The molecule has 0 aliphatic carbocycles. The quantitative estimate of drug-likeness (QED) is 0.365. The number of benzene rings is 2. The minimum absolute atomic E-state index is 0.0838. The fourth-order valence-corrected chi connectivity index (χ4v) is 3.48. The van der Waals surface area contributed by atoms with Crippen molar-refractivity contribution >= 4 is 28.2 Å². The van der Waals surface area contributed by atoms with Crippen LogP contribution in [0.2, 0.25) is 0 Å². The largest absolute Gasteiger partial charge is 0.378 e. The number of nitrogens with one attached hydrogen (secondary N) is 1. The molecule has 3 N–H and O–H groups in total. The van der Waals surface area contributed by atoms with Crippen LogP contribution in [0.3, 0.4) is 0 Å². The molecule has 0 saturated heterocycles. The molecule has 7 nitrogen and oxygen atoms in total. The van der Waals surface area contributed by atoms with Gasteiger partial charge >= 0.3 is 5.69 Å². The van der Waals surface area contributed by atoms with Gasteiger partial charge in [0.2, 0.25) is 5.82 Å². The van der Waals surface area contributed by atoms with Gasteiger partial charge in [0.25, 0.3) is 0 Å². The maximum absolute atomic E-state index is 10.9. The Bertz CT molecular complexity index is 1150. The smallest absolute Gasteiger partial charge is 0.311 e. The summed E-state index contributed by atoms with van der Waals surface area (Å²) in [5.41, 5.74) is 9.17. The highest BCUT2D eigenvalue weighted by Gasteiger charge is 2.13. The topological polar surface area (TPSA) is 99.0 Å². The summed E-state index contributed by atoms with van der Waals surface area (Å²) in [6, 6.07) is 21.7. The number of nitrogen functional groups attached to an aromatic ring is 1. The Labute approximate surface area is 168 Å². The number of pyridine rings is 1.